The standard InChI is InChI=1S/C9H6N2O3/c12-11(13)8-4-2-1-3-7(8)9-5-10-6-14-9/h1-6H. The molecule has 0 saturated carbocycles. The molecule has 0 spiro atoms. The van der Waals surface area contributed by atoms with Crippen molar-refractivity contribution in [2.45, 2.75) is 0 Å². The van der Waals surface area contributed by atoms with Crippen molar-refractivity contribution in [2.75, 3.05) is 0 Å². The van der Waals surface area contributed by atoms with Crippen LogP contribution in [0.25, 0.3) is 11.3 Å². The first-order valence-corrected chi connectivity index (χ1v) is 3.91. The summed E-state index contributed by atoms with van der Waals surface area (Å²) in [5.41, 5.74) is 0.458. The van der Waals surface area contributed by atoms with Gasteiger partial charge in [0.2, 0.25) is 0 Å². The number of hydrogen-bond donors (Lipinski definition) is 0. The van der Waals surface area contributed by atoms with Crippen LogP contribution in [0, 0.1) is 10.1 Å². The Morgan fingerprint density at radius 3 is 2.79 bits per heavy atom. The van der Waals surface area contributed by atoms with Gasteiger partial charge in [-0.1, -0.05) is 12.1 Å². The van der Waals surface area contributed by atoms with Crippen LogP contribution < -0.4 is 0 Å². The Balaban J connectivity index is 2.58. The third kappa shape index (κ3) is 1.35. The molecule has 0 radical (unpaired) electrons. The van der Waals surface area contributed by atoms with Crippen LogP contribution in [0.1, 0.15) is 0 Å². The number of para-hydroxylation sites is 1. The summed E-state index contributed by atoms with van der Waals surface area (Å²) in [6, 6.07) is 6.37. The Kier molecular flexibility index (Phi) is 1.98. The van der Waals surface area contributed by atoms with E-state index in [1.807, 2.05) is 0 Å². The van der Waals surface area contributed by atoms with Crippen molar-refractivity contribution in [1.29, 1.82) is 0 Å². The van der Waals surface area contributed by atoms with Crippen molar-refractivity contribution in [3.05, 3.63) is 47.0 Å². The van der Waals surface area contributed by atoms with Gasteiger partial charge in [-0.3, -0.25) is 10.1 Å². The van der Waals surface area contributed by atoms with Crippen LogP contribution in [0.3, 0.4) is 0 Å². The number of nitro groups is 1. The third-order valence-corrected chi connectivity index (χ3v) is 1.80. The molecule has 0 bridgehead atoms. The maximum Gasteiger partial charge on any atom is 0.280 e. The van der Waals surface area contributed by atoms with Crippen LogP contribution in [0.15, 0.2) is 41.3 Å². The minimum Gasteiger partial charge on any atom is -0.443 e. The predicted molar refractivity (Wildman–Crippen MR) is 48.6 cm³/mol. The van der Waals surface area contributed by atoms with Gasteiger partial charge in [0, 0.05) is 6.07 Å². The van der Waals surface area contributed by atoms with E-state index in [0.29, 0.717) is 11.3 Å². The molecule has 2 aromatic rings. The molecule has 70 valence electrons. The second-order valence-corrected chi connectivity index (χ2v) is 2.64. The van der Waals surface area contributed by atoms with Gasteiger partial charge in [-0.15, -0.1) is 0 Å². The van der Waals surface area contributed by atoms with Crippen LogP contribution in [-0.2, 0) is 0 Å². The van der Waals surface area contributed by atoms with Crippen LogP contribution in [-0.4, -0.2) is 9.91 Å². The highest BCUT2D eigenvalue weighted by Crippen LogP contribution is 2.28. The second kappa shape index (κ2) is 3.29. The van der Waals surface area contributed by atoms with Gasteiger partial charge >= 0.3 is 0 Å². The molecule has 0 unspecified atom stereocenters. The largest absolute Gasteiger partial charge is 0.443 e. The average Bonchev–Trinajstić information content (AvgIpc) is 2.70. The highest BCUT2D eigenvalue weighted by molar-refractivity contribution is 5.68. The first kappa shape index (κ1) is 8.43. The van der Waals surface area contributed by atoms with E-state index in [4.69, 9.17) is 4.42 Å². The zero-order valence-electron chi connectivity index (χ0n) is 7.08. The Morgan fingerprint density at radius 2 is 2.14 bits per heavy atom. The van der Waals surface area contributed by atoms with Gasteiger partial charge in [0.15, 0.2) is 12.2 Å². The monoisotopic (exact) mass is 190 g/mol. The molecule has 5 heteroatoms. The van der Waals surface area contributed by atoms with E-state index in [-0.39, 0.29) is 5.69 Å². The van der Waals surface area contributed by atoms with Gasteiger partial charge in [0.1, 0.15) is 0 Å². The maximum atomic E-state index is 10.7. The van der Waals surface area contributed by atoms with Gasteiger partial charge in [-0.25, -0.2) is 4.98 Å². The van der Waals surface area contributed by atoms with Gasteiger partial charge < -0.3 is 4.42 Å². The van der Waals surface area contributed by atoms with Crippen LogP contribution in [0.4, 0.5) is 5.69 Å². The third-order valence-electron chi connectivity index (χ3n) is 1.80. The average molecular weight is 190 g/mol. The first-order chi connectivity index (χ1) is 6.79. The molecule has 0 aliphatic rings. The molecule has 0 saturated heterocycles. The van der Waals surface area contributed by atoms with E-state index < -0.39 is 4.92 Å². The number of benzene rings is 1. The van der Waals surface area contributed by atoms with Gasteiger partial charge in [0.25, 0.3) is 5.69 Å². The lowest BCUT2D eigenvalue weighted by Gasteiger charge is -1.97. The first-order valence-electron chi connectivity index (χ1n) is 3.91. The summed E-state index contributed by atoms with van der Waals surface area (Å²) in [4.78, 5) is 13.9. The number of oxazole rings is 1. The zero-order chi connectivity index (χ0) is 9.97. The molecule has 0 amide bonds. The normalized spacial score (nSPS) is 10.0. The molecule has 0 aliphatic carbocycles. The molecule has 0 atom stereocenters. The molecule has 5 nitrogen and oxygen atoms in total. The van der Waals surface area contributed by atoms with E-state index in [1.165, 1.54) is 18.7 Å². The van der Waals surface area contributed by atoms with Crippen LogP contribution in [0.2, 0.25) is 0 Å². The molecular weight excluding hydrogens is 184 g/mol. The van der Waals surface area contributed by atoms with Crippen molar-refractivity contribution in [3.63, 3.8) is 0 Å². The van der Waals surface area contributed by atoms with Crippen molar-refractivity contribution in [2.24, 2.45) is 0 Å². The SMILES string of the molecule is O=[N+]([O-])c1ccccc1-c1cnco1. The fourth-order valence-electron chi connectivity index (χ4n) is 1.19. The van der Waals surface area contributed by atoms with Crippen molar-refractivity contribution >= 4 is 5.69 Å². The number of nitro benzene ring substituents is 1. The predicted octanol–water partition coefficient (Wildman–Crippen LogP) is 2.25. The zero-order valence-corrected chi connectivity index (χ0v) is 7.08. The number of rotatable bonds is 2. The highest BCUT2D eigenvalue weighted by atomic mass is 16.6. The van der Waals surface area contributed by atoms with E-state index in [2.05, 4.69) is 4.98 Å². The topological polar surface area (TPSA) is 69.2 Å². The van der Waals surface area contributed by atoms with Crippen LogP contribution in [0.5, 0.6) is 0 Å². The smallest absolute Gasteiger partial charge is 0.280 e. The van der Waals surface area contributed by atoms with E-state index in [9.17, 15) is 10.1 Å². The lowest BCUT2D eigenvalue weighted by Crippen LogP contribution is -1.90. The number of aromatic nitrogens is 1. The molecule has 14 heavy (non-hydrogen) atoms. The van der Waals surface area contributed by atoms with Crippen molar-refractivity contribution < 1.29 is 9.34 Å². The van der Waals surface area contributed by atoms with Gasteiger partial charge in [0.05, 0.1) is 16.7 Å². The lowest BCUT2D eigenvalue weighted by atomic mass is 10.1. The molecule has 0 aliphatic heterocycles. The van der Waals surface area contributed by atoms with Gasteiger partial charge in [-0.2, -0.15) is 0 Å². The summed E-state index contributed by atoms with van der Waals surface area (Å²) in [5.74, 6) is 0.400. The van der Waals surface area contributed by atoms with Crippen LogP contribution >= 0.6 is 0 Å². The number of hydrogen-bond acceptors (Lipinski definition) is 4. The van der Waals surface area contributed by atoms with Gasteiger partial charge in [-0.05, 0) is 6.07 Å². The summed E-state index contributed by atoms with van der Waals surface area (Å²) in [6.07, 6.45) is 2.69. The summed E-state index contributed by atoms with van der Waals surface area (Å²) < 4.78 is 4.99. The highest BCUT2D eigenvalue weighted by Gasteiger charge is 2.15. The Bertz CT molecular complexity index is 451. The number of nitrogens with zero attached hydrogens (tertiary/aromatic N) is 2. The van der Waals surface area contributed by atoms with E-state index in [1.54, 1.807) is 18.2 Å². The molecule has 2 rings (SSSR count). The van der Waals surface area contributed by atoms with E-state index in [0.717, 1.165) is 0 Å². The molecule has 1 aromatic heterocycles. The molecule has 1 heterocycles. The second-order valence-electron chi connectivity index (χ2n) is 2.64. The van der Waals surface area contributed by atoms with Crippen molar-refractivity contribution in [3.8, 4) is 11.3 Å². The fraction of sp³-hybridized carbons (Fsp3) is 0. The van der Waals surface area contributed by atoms with E-state index >= 15 is 0 Å². The lowest BCUT2D eigenvalue weighted by molar-refractivity contribution is -0.384. The summed E-state index contributed by atoms with van der Waals surface area (Å²) in [5, 5.41) is 10.7. The maximum absolute atomic E-state index is 10.7. The Morgan fingerprint density at radius 1 is 1.36 bits per heavy atom. The van der Waals surface area contributed by atoms with Crippen molar-refractivity contribution in [1.82, 2.24) is 4.98 Å². The fourth-order valence-corrected chi connectivity index (χ4v) is 1.19. The minimum atomic E-state index is -0.447. The quantitative estimate of drug-likeness (QED) is 0.537. The summed E-state index contributed by atoms with van der Waals surface area (Å²) >= 11 is 0. The Labute approximate surface area is 79.2 Å². The minimum absolute atomic E-state index is 0.0178. The summed E-state index contributed by atoms with van der Waals surface area (Å²) in [7, 11) is 0. The Hall–Kier alpha value is -2.17. The molecule has 0 N–H and O–H groups in total. The molecule has 1 aromatic carbocycles. The molecular formula is C9H6N2O3. The molecule has 0 fully saturated rings. The summed E-state index contributed by atoms with van der Waals surface area (Å²) in [6.45, 7) is 0.